The van der Waals surface area contributed by atoms with Gasteiger partial charge >= 0.3 is 5.97 Å². The van der Waals surface area contributed by atoms with E-state index in [1.807, 2.05) is 103 Å². The molecule has 0 amide bonds. The molecule has 2 aromatic heterocycles. The molecular weight excluding hydrogens is 661 g/mol. The number of imidazole rings is 1. The Kier molecular flexibility index (Phi) is 7.82. The fourth-order valence-electron chi connectivity index (χ4n) is 6.88. The van der Waals surface area contributed by atoms with E-state index >= 15 is 0 Å². The van der Waals surface area contributed by atoms with Crippen molar-refractivity contribution in [3.63, 3.8) is 0 Å². The second-order valence-electron chi connectivity index (χ2n) is 12.2. The van der Waals surface area contributed by atoms with Gasteiger partial charge in [0.15, 0.2) is 5.82 Å². The van der Waals surface area contributed by atoms with Crippen molar-refractivity contribution >= 4 is 17.0 Å². The normalized spacial score (nSPS) is 12.5. The Morgan fingerprint density at radius 3 is 1.91 bits per heavy atom. The molecule has 53 heavy (non-hydrogen) atoms. The number of nitrogens with zero attached hydrogens (tertiary/aromatic N) is 6. The molecule has 9 heteroatoms. The van der Waals surface area contributed by atoms with Crippen LogP contribution in [0.1, 0.15) is 45.0 Å². The molecule has 0 spiro atoms. The summed E-state index contributed by atoms with van der Waals surface area (Å²) in [6.45, 7) is 1.95. The van der Waals surface area contributed by atoms with Crippen molar-refractivity contribution < 1.29 is 19.8 Å². The van der Waals surface area contributed by atoms with Crippen LogP contribution in [0.5, 0.6) is 6.01 Å². The molecule has 0 saturated carbocycles. The van der Waals surface area contributed by atoms with Gasteiger partial charge in [0, 0.05) is 5.56 Å². The molecule has 260 valence electrons. The Morgan fingerprint density at radius 1 is 0.736 bits per heavy atom. The van der Waals surface area contributed by atoms with E-state index in [0.717, 1.165) is 16.7 Å². The zero-order chi connectivity index (χ0) is 39.7. The molecule has 0 saturated heterocycles. The number of para-hydroxylation sites is 1. The number of carbonyl (C=O) groups excluding carboxylic acids is 1. The van der Waals surface area contributed by atoms with E-state index < -0.39 is 11.5 Å². The van der Waals surface area contributed by atoms with E-state index in [0.29, 0.717) is 28.0 Å². The Labute approximate surface area is 312 Å². The fraction of sp³-hybridized carbons (Fsp3) is 0.114. The molecule has 6 aromatic carbocycles. The van der Waals surface area contributed by atoms with E-state index in [-0.39, 0.29) is 60.0 Å². The van der Waals surface area contributed by atoms with Gasteiger partial charge in [-0.05, 0) is 62.9 Å². The third-order valence-electron chi connectivity index (χ3n) is 9.21. The van der Waals surface area contributed by atoms with E-state index in [9.17, 15) is 10.3 Å². The molecule has 0 aliphatic carbocycles. The summed E-state index contributed by atoms with van der Waals surface area (Å²) in [4.78, 5) is 17.2. The maximum Gasteiger partial charge on any atom is 0.340 e. The van der Waals surface area contributed by atoms with Gasteiger partial charge in [-0.25, -0.2) is 9.48 Å². The molecule has 9 nitrogen and oxygen atoms in total. The van der Waals surface area contributed by atoms with Gasteiger partial charge in [0.05, 0.1) is 36.8 Å². The highest BCUT2D eigenvalue weighted by Gasteiger charge is 2.42. The zero-order valence-corrected chi connectivity index (χ0v) is 29.0. The Balaban J connectivity index is 1.32. The predicted octanol–water partition coefficient (Wildman–Crippen LogP) is 8.43. The highest BCUT2D eigenvalue weighted by molar-refractivity contribution is 6.02. The number of ether oxygens (including phenoxy) is 2. The Hall–Kier alpha value is -6.87. The van der Waals surface area contributed by atoms with E-state index in [1.54, 1.807) is 46.5 Å². The number of tetrazole rings is 1. The lowest BCUT2D eigenvalue weighted by Gasteiger charge is -2.36. The number of carbonyl (C=O) groups is 1. The Bertz CT molecular complexity index is 2620. The van der Waals surface area contributed by atoms with Gasteiger partial charge in [0.25, 0.3) is 6.01 Å². The zero-order valence-electron chi connectivity index (χ0n) is 33.0. The number of benzene rings is 6. The summed E-state index contributed by atoms with van der Waals surface area (Å²) < 4.78 is 51.6. The highest BCUT2D eigenvalue weighted by Crippen LogP contribution is 2.43. The summed E-state index contributed by atoms with van der Waals surface area (Å²) in [6, 6.07) is 41.4. The second kappa shape index (κ2) is 14.4. The minimum Gasteiger partial charge on any atom is -0.465 e. The van der Waals surface area contributed by atoms with Crippen LogP contribution in [0, 0.1) is 0 Å². The molecule has 0 bridgehead atoms. The van der Waals surface area contributed by atoms with Crippen molar-refractivity contribution in [3.05, 3.63) is 185 Å². The van der Waals surface area contributed by atoms with Gasteiger partial charge < -0.3 is 9.47 Å². The lowest BCUT2D eigenvalue weighted by molar-refractivity contribution is 0.0602. The summed E-state index contributed by atoms with van der Waals surface area (Å²) in [6.07, 6.45) is 0. The molecule has 0 fully saturated rings. The van der Waals surface area contributed by atoms with Gasteiger partial charge in [0.2, 0.25) is 0 Å². The molecule has 0 radical (unpaired) electrons. The summed E-state index contributed by atoms with van der Waals surface area (Å²) in [5, 5.41) is 13.5. The van der Waals surface area contributed by atoms with Crippen molar-refractivity contribution in [1.82, 2.24) is 29.8 Å². The number of methoxy groups -OCH3 is 1. The van der Waals surface area contributed by atoms with Gasteiger partial charge in [-0.15, -0.1) is 5.10 Å². The smallest absolute Gasteiger partial charge is 0.340 e. The monoisotopic (exact) mass is 700 g/mol. The number of esters is 1. The third kappa shape index (κ3) is 5.92. The van der Waals surface area contributed by atoms with Crippen molar-refractivity contribution in [2.75, 3.05) is 13.7 Å². The second-order valence-corrected chi connectivity index (χ2v) is 12.2. The summed E-state index contributed by atoms with van der Waals surface area (Å²) >= 11 is 0. The van der Waals surface area contributed by atoms with Crippen molar-refractivity contribution in [2.24, 2.45) is 0 Å². The minimum absolute atomic E-state index is 0.0946. The van der Waals surface area contributed by atoms with Gasteiger partial charge in [-0.2, -0.15) is 4.98 Å². The number of hydrogen-bond donors (Lipinski definition) is 0. The first kappa shape index (κ1) is 28.8. The quantitative estimate of drug-likeness (QED) is 0.0987. The van der Waals surface area contributed by atoms with Crippen LogP contribution in [0.3, 0.4) is 0 Å². The molecule has 0 aliphatic heterocycles. The number of fused-ring (bicyclic) bond motifs is 1. The molecule has 8 aromatic rings. The molecule has 0 unspecified atom stereocenters. The fourth-order valence-corrected chi connectivity index (χ4v) is 6.88. The van der Waals surface area contributed by atoms with Crippen LogP contribution in [0.4, 0.5) is 0 Å². The van der Waals surface area contributed by atoms with Crippen LogP contribution in [0.15, 0.2) is 158 Å². The number of rotatable bonds is 11. The van der Waals surface area contributed by atoms with Crippen LogP contribution in [-0.4, -0.2) is 49.4 Å². The Morgan fingerprint density at radius 2 is 1.32 bits per heavy atom. The van der Waals surface area contributed by atoms with Crippen molar-refractivity contribution in [1.29, 1.82) is 0 Å². The van der Waals surface area contributed by atoms with E-state index in [4.69, 9.17) is 9.47 Å². The molecule has 0 atom stereocenters. The standard InChI is InChI=1S/C44H36N6O3/c1-3-53-43-45-40-38(42(51)52-2)24-15-25-39(40)49(43)30-31-26-28-32(29-27-31)36-22-13-14-23-37(36)41-46-47-48-50(41)44(33-16-7-4-8-17-33,34-18-9-5-10-19-34)35-20-11-6-12-21-35/h4-29H,3,30H2,1-2H3/i26D,27D,28D,29D. The van der Waals surface area contributed by atoms with Gasteiger partial charge in [-0.1, -0.05) is 145 Å². The highest BCUT2D eigenvalue weighted by atomic mass is 16.5. The van der Waals surface area contributed by atoms with Crippen LogP contribution < -0.4 is 4.74 Å². The molecule has 2 heterocycles. The van der Waals surface area contributed by atoms with Crippen molar-refractivity contribution in [3.8, 4) is 28.5 Å². The largest absolute Gasteiger partial charge is 0.465 e. The van der Waals surface area contributed by atoms with E-state index in [1.165, 1.54) is 7.11 Å². The summed E-state index contributed by atoms with van der Waals surface area (Å²) in [7, 11) is 1.29. The maximum absolute atomic E-state index is 12.6. The van der Waals surface area contributed by atoms with E-state index in [2.05, 4.69) is 20.5 Å². The molecule has 0 aliphatic rings. The van der Waals surface area contributed by atoms with Crippen LogP contribution in [-0.2, 0) is 16.8 Å². The predicted molar refractivity (Wildman–Crippen MR) is 205 cm³/mol. The molecular formula is C44H36N6O3. The third-order valence-corrected chi connectivity index (χ3v) is 9.21. The number of hydrogen-bond acceptors (Lipinski definition) is 7. The topological polar surface area (TPSA) is 97.0 Å². The van der Waals surface area contributed by atoms with Crippen molar-refractivity contribution in [2.45, 2.75) is 19.0 Å². The average molecular weight is 701 g/mol. The first-order valence-electron chi connectivity index (χ1n) is 19.2. The summed E-state index contributed by atoms with van der Waals surface area (Å²) in [5.41, 5.74) is 3.88. The van der Waals surface area contributed by atoms with Gasteiger partial charge in [-0.3, -0.25) is 4.57 Å². The maximum atomic E-state index is 12.6. The molecule has 8 rings (SSSR count). The lowest BCUT2D eigenvalue weighted by atomic mass is 9.77. The SMILES string of the molecule is [2H]c1c([2H])c(-c2ccccc2-c2nnnn2C(c2ccccc2)(c2ccccc2)c2ccccc2)c([2H])c([2H])c1Cn1c(OCC)nc2c(C(=O)OC)cccc21. The lowest BCUT2D eigenvalue weighted by Crippen LogP contribution is -2.39. The average Bonchev–Trinajstić information content (AvgIpc) is 3.88. The number of aromatic nitrogens is 6. The van der Waals surface area contributed by atoms with Crippen LogP contribution in [0.2, 0.25) is 0 Å². The van der Waals surface area contributed by atoms with Crippen LogP contribution >= 0.6 is 0 Å². The molecule has 0 N–H and O–H groups in total. The van der Waals surface area contributed by atoms with Gasteiger partial charge in [0.1, 0.15) is 11.1 Å². The summed E-state index contributed by atoms with van der Waals surface area (Å²) in [5.74, 6) is -0.212. The minimum atomic E-state index is -1.06. The van der Waals surface area contributed by atoms with Crippen LogP contribution in [0.25, 0.3) is 33.5 Å². The first-order valence-corrected chi connectivity index (χ1v) is 17.2. The first-order chi connectivity index (χ1) is 27.8.